The van der Waals surface area contributed by atoms with Crippen molar-refractivity contribution in [2.45, 2.75) is 49.9 Å². The molecular formula is C24H32N6O4S. The zero-order chi connectivity index (χ0) is 23.4. The lowest BCUT2D eigenvalue weighted by molar-refractivity contribution is -0.129. The third kappa shape index (κ3) is 4.60. The fourth-order valence-electron chi connectivity index (χ4n) is 6.58. The number of aromatic nitrogens is 2. The summed E-state index contributed by atoms with van der Waals surface area (Å²) in [5, 5.41) is 30.6. The van der Waals surface area contributed by atoms with E-state index in [0.717, 1.165) is 43.5 Å². The molecule has 3 atom stereocenters. The molecule has 7 rings (SSSR count). The number of aliphatic hydroxyl groups excluding tert-OH is 1. The van der Waals surface area contributed by atoms with Crippen LogP contribution in [0.25, 0.3) is 0 Å². The van der Waals surface area contributed by atoms with Crippen LogP contribution in [0.2, 0.25) is 0 Å². The fourth-order valence-corrected chi connectivity index (χ4v) is 6.58. The summed E-state index contributed by atoms with van der Waals surface area (Å²) in [5.41, 5.74) is 6.85. The SMILES string of the molecule is NC(=O)c1cnc(Nc2ccc3c(c2)NC[C@H](O)CO3)nc1NC1C2CC3CC1CC(O)(C3)C2.S. The molecule has 188 valence electrons. The van der Waals surface area contributed by atoms with Crippen LogP contribution in [-0.2, 0) is 0 Å². The molecule has 1 aliphatic heterocycles. The molecule has 11 heteroatoms. The van der Waals surface area contributed by atoms with Crippen LogP contribution in [0.3, 0.4) is 0 Å². The molecule has 1 aromatic heterocycles. The molecule has 2 aromatic rings. The van der Waals surface area contributed by atoms with Crippen LogP contribution < -0.4 is 26.4 Å². The summed E-state index contributed by atoms with van der Waals surface area (Å²) in [4.78, 5) is 21.0. The second kappa shape index (κ2) is 9.03. The topological polar surface area (TPSA) is 155 Å². The van der Waals surface area contributed by atoms with Crippen molar-refractivity contribution in [1.82, 2.24) is 9.97 Å². The van der Waals surface area contributed by atoms with Crippen LogP contribution >= 0.6 is 13.5 Å². The Morgan fingerprint density at radius 2 is 2.00 bits per heavy atom. The van der Waals surface area contributed by atoms with Crippen molar-refractivity contribution in [2.24, 2.45) is 23.5 Å². The van der Waals surface area contributed by atoms with Crippen molar-refractivity contribution in [1.29, 1.82) is 0 Å². The van der Waals surface area contributed by atoms with Gasteiger partial charge in [-0.3, -0.25) is 4.79 Å². The number of aliphatic hydroxyl groups is 2. The average Bonchev–Trinajstić information content (AvgIpc) is 2.96. The van der Waals surface area contributed by atoms with E-state index < -0.39 is 17.6 Å². The second-order valence-corrected chi connectivity index (χ2v) is 10.4. The lowest BCUT2D eigenvalue weighted by atomic mass is 9.52. The lowest BCUT2D eigenvalue weighted by Crippen LogP contribution is -2.59. The smallest absolute Gasteiger partial charge is 0.254 e. The van der Waals surface area contributed by atoms with Gasteiger partial charge in [0.25, 0.3) is 5.91 Å². The summed E-state index contributed by atoms with van der Waals surface area (Å²) >= 11 is 0. The number of benzene rings is 1. The molecule has 4 aliphatic carbocycles. The zero-order valence-electron chi connectivity index (χ0n) is 19.3. The molecule has 2 unspecified atom stereocenters. The number of β-amino-alcohol motifs (C(OH)–C–C–N with tert-alkyl or cyclic N) is 1. The highest BCUT2D eigenvalue weighted by molar-refractivity contribution is 7.59. The number of hydrogen-bond donors (Lipinski definition) is 6. The van der Waals surface area contributed by atoms with Crippen molar-refractivity contribution < 1.29 is 19.7 Å². The third-order valence-electron chi connectivity index (χ3n) is 7.79. The number of anilines is 4. The van der Waals surface area contributed by atoms with Gasteiger partial charge in [0.05, 0.1) is 16.9 Å². The number of fused-ring (bicyclic) bond motifs is 1. The van der Waals surface area contributed by atoms with Gasteiger partial charge in [-0.15, -0.1) is 0 Å². The molecule has 4 bridgehead atoms. The number of nitrogens with zero attached hydrogens (tertiary/aromatic N) is 2. The molecule has 5 aliphatic rings. The van der Waals surface area contributed by atoms with Crippen LogP contribution in [0.1, 0.15) is 42.5 Å². The quantitative estimate of drug-likeness (QED) is 0.361. The Morgan fingerprint density at radius 3 is 2.71 bits per heavy atom. The molecule has 7 N–H and O–H groups in total. The minimum atomic E-state index is -0.582. The number of carbonyl (C=O) groups excluding carboxylic acids is 1. The average molecular weight is 501 g/mol. The number of rotatable bonds is 5. The Kier molecular flexibility index (Phi) is 6.18. The Labute approximate surface area is 210 Å². The van der Waals surface area contributed by atoms with E-state index in [1.807, 2.05) is 18.2 Å². The molecule has 4 saturated carbocycles. The van der Waals surface area contributed by atoms with Crippen molar-refractivity contribution in [3.63, 3.8) is 0 Å². The first-order valence-corrected chi connectivity index (χ1v) is 12.0. The van der Waals surface area contributed by atoms with E-state index in [9.17, 15) is 15.0 Å². The van der Waals surface area contributed by atoms with Gasteiger partial charge in [0.15, 0.2) is 0 Å². The van der Waals surface area contributed by atoms with Gasteiger partial charge in [-0.2, -0.15) is 18.5 Å². The van der Waals surface area contributed by atoms with Gasteiger partial charge in [-0.05, 0) is 68.1 Å². The molecule has 2 heterocycles. The van der Waals surface area contributed by atoms with Crippen LogP contribution in [0.4, 0.5) is 23.1 Å². The summed E-state index contributed by atoms with van der Waals surface area (Å²) in [5.74, 6) is 2.15. The third-order valence-corrected chi connectivity index (χ3v) is 7.79. The molecule has 1 aromatic carbocycles. The minimum Gasteiger partial charge on any atom is -0.489 e. The maximum atomic E-state index is 12.1. The molecule has 4 fully saturated rings. The van der Waals surface area contributed by atoms with Gasteiger partial charge in [-0.1, -0.05) is 0 Å². The number of carbonyl (C=O) groups is 1. The van der Waals surface area contributed by atoms with Crippen molar-refractivity contribution in [3.05, 3.63) is 30.0 Å². The van der Waals surface area contributed by atoms with E-state index in [2.05, 4.69) is 25.9 Å². The zero-order valence-corrected chi connectivity index (χ0v) is 20.3. The van der Waals surface area contributed by atoms with Crippen LogP contribution in [-0.4, -0.2) is 57.0 Å². The van der Waals surface area contributed by atoms with Gasteiger partial charge in [0.1, 0.15) is 24.3 Å². The van der Waals surface area contributed by atoms with E-state index in [4.69, 9.17) is 10.5 Å². The van der Waals surface area contributed by atoms with Crippen molar-refractivity contribution in [2.75, 3.05) is 29.1 Å². The Balaban J connectivity index is 0.00000253. The minimum absolute atomic E-state index is 0. The highest BCUT2D eigenvalue weighted by Crippen LogP contribution is 2.56. The molecular weight excluding hydrogens is 468 g/mol. The van der Waals surface area contributed by atoms with Gasteiger partial charge >= 0.3 is 0 Å². The molecule has 0 spiro atoms. The molecule has 10 nitrogen and oxygen atoms in total. The van der Waals surface area contributed by atoms with E-state index in [1.54, 1.807) is 0 Å². The van der Waals surface area contributed by atoms with Gasteiger partial charge in [-0.25, -0.2) is 4.98 Å². The van der Waals surface area contributed by atoms with Crippen LogP contribution in [0, 0.1) is 17.8 Å². The van der Waals surface area contributed by atoms with Gasteiger partial charge < -0.3 is 36.6 Å². The lowest BCUT2D eigenvalue weighted by Gasteiger charge is -2.58. The number of hydrogen-bond acceptors (Lipinski definition) is 9. The molecule has 0 saturated heterocycles. The predicted octanol–water partition coefficient (Wildman–Crippen LogP) is 1.95. The number of nitrogens with one attached hydrogen (secondary N) is 3. The van der Waals surface area contributed by atoms with Crippen LogP contribution in [0.5, 0.6) is 5.75 Å². The first-order chi connectivity index (χ1) is 16.3. The summed E-state index contributed by atoms with van der Waals surface area (Å²) in [6.07, 6.45) is 5.56. The van der Waals surface area contributed by atoms with E-state index in [0.29, 0.717) is 41.8 Å². The number of ether oxygens (including phenoxy) is 1. The number of primary amides is 1. The Bertz CT molecular complexity index is 1120. The van der Waals surface area contributed by atoms with Crippen molar-refractivity contribution in [3.8, 4) is 5.75 Å². The molecule has 1 amide bonds. The second-order valence-electron chi connectivity index (χ2n) is 10.4. The fraction of sp³-hybridized carbons (Fsp3) is 0.542. The largest absolute Gasteiger partial charge is 0.489 e. The summed E-state index contributed by atoms with van der Waals surface area (Å²) in [7, 11) is 0. The standard InChI is InChI=1S/C24H30N6O4.H2S/c25-21(32)17-10-27-23(28-15-1-2-19-18(5-15)26-9-16(31)11-34-19)30-22(17)29-20-13-3-12-4-14(20)8-24(33,6-12)7-13;/h1-2,5,10,12-14,16,20,26,31,33H,3-4,6-9,11H2,(H2,25,32)(H2,27,28,29,30);1H2/t12?,13?,14?,16-,20?,24?;/m0./s1. The summed E-state index contributed by atoms with van der Waals surface area (Å²) < 4.78 is 5.61. The van der Waals surface area contributed by atoms with Crippen LogP contribution in [0.15, 0.2) is 24.4 Å². The maximum Gasteiger partial charge on any atom is 0.254 e. The number of amides is 1. The first-order valence-electron chi connectivity index (χ1n) is 12.0. The highest BCUT2D eigenvalue weighted by atomic mass is 32.1. The Morgan fingerprint density at radius 1 is 1.23 bits per heavy atom. The monoisotopic (exact) mass is 500 g/mol. The molecule has 0 radical (unpaired) electrons. The van der Waals surface area contributed by atoms with Gasteiger partial charge in [0, 0.05) is 24.5 Å². The molecule has 35 heavy (non-hydrogen) atoms. The first kappa shape index (κ1) is 24.0. The summed E-state index contributed by atoms with van der Waals surface area (Å²) in [6.45, 7) is 0.634. The van der Waals surface area contributed by atoms with Crippen molar-refractivity contribution >= 4 is 42.5 Å². The normalized spacial score (nSPS) is 32.3. The van der Waals surface area contributed by atoms with E-state index in [1.165, 1.54) is 6.20 Å². The number of nitrogens with two attached hydrogens (primary N) is 1. The Hall–Kier alpha value is -2.76. The van der Waals surface area contributed by atoms with E-state index in [-0.39, 0.29) is 31.7 Å². The predicted molar refractivity (Wildman–Crippen MR) is 137 cm³/mol. The highest BCUT2D eigenvalue weighted by Gasteiger charge is 2.54. The van der Waals surface area contributed by atoms with E-state index >= 15 is 0 Å². The maximum absolute atomic E-state index is 12.1. The summed E-state index contributed by atoms with van der Waals surface area (Å²) in [6, 6.07) is 5.68. The van der Waals surface area contributed by atoms with Gasteiger partial charge in [0.2, 0.25) is 5.95 Å².